The molecule has 21 heavy (non-hydrogen) atoms. The smallest absolute Gasteiger partial charge is 0.119 e. The normalized spacial score (nSPS) is 20.2. The molecule has 2 unspecified atom stereocenters. The van der Waals surface area contributed by atoms with E-state index in [0.29, 0.717) is 12.6 Å². The van der Waals surface area contributed by atoms with Gasteiger partial charge in [0.25, 0.3) is 0 Å². The van der Waals surface area contributed by atoms with Crippen LogP contribution in [0.15, 0.2) is 24.3 Å². The Labute approximate surface area is 129 Å². The minimum absolute atomic E-state index is 0.277. The molecule has 1 aromatic rings. The van der Waals surface area contributed by atoms with Crippen LogP contribution in [0.2, 0.25) is 0 Å². The number of benzene rings is 1. The second-order valence-electron chi connectivity index (χ2n) is 5.94. The van der Waals surface area contributed by atoms with Gasteiger partial charge in [-0.3, -0.25) is 0 Å². The van der Waals surface area contributed by atoms with Gasteiger partial charge in [0.05, 0.1) is 6.10 Å². The number of aryl methyl sites for hydroxylation is 1. The van der Waals surface area contributed by atoms with Crippen LogP contribution in [0, 0.1) is 0 Å². The number of nitrogens with one attached hydrogen (secondary N) is 1. The lowest BCUT2D eigenvalue weighted by atomic mass is 10.1. The highest BCUT2D eigenvalue weighted by atomic mass is 16.5. The molecular formula is C18H29NO2. The lowest BCUT2D eigenvalue weighted by Crippen LogP contribution is -2.26. The number of rotatable bonds is 8. The highest BCUT2D eigenvalue weighted by molar-refractivity contribution is 5.27. The minimum atomic E-state index is 0.277. The Hall–Kier alpha value is -1.06. The Morgan fingerprint density at radius 3 is 2.76 bits per heavy atom. The fourth-order valence-electron chi connectivity index (χ4n) is 2.71. The van der Waals surface area contributed by atoms with Crippen LogP contribution in [-0.2, 0) is 11.2 Å². The molecule has 1 aromatic carbocycles. The van der Waals surface area contributed by atoms with Crippen LogP contribution in [0.3, 0.4) is 0 Å². The Kier molecular flexibility index (Phi) is 7.04. The lowest BCUT2D eigenvalue weighted by Gasteiger charge is -2.22. The summed E-state index contributed by atoms with van der Waals surface area (Å²) in [4.78, 5) is 0. The molecule has 3 nitrogen and oxygen atoms in total. The molecule has 1 saturated heterocycles. The first-order valence-corrected chi connectivity index (χ1v) is 8.34. The van der Waals surface area contributed by atoms with Crippen LogP contribution in [0.5, 0.6) is 5.75 Å². The first-order chi connectivity index (χ1) is 10.3. The van der Waals surface area contributed by atoms with Crippen LogP contribution >= 0.6 is 0 Å². The zero-order valence-corrected chi connectivity index (χ0v) is 13.4. The van der Waals surface area contributed by atoms with Crippen molar-refractivity contribution in [1.82, 2.24) is 5.32 Å². The summed E-state index contributed by atoms with van der Waals surface area (Å²) in [7, 11) is 0. The van der Waals surface area contributed by atoms with Crippen LogP contribution in [-0.4, -0.2) is 31.9 Å². The van der Waals surface area contributed by atoms with Gasteiger partial charge >= 0.3 is 0 Å². The fraction of sp³-hybridized carbons (Fsp3) is 0.667. The Balaban J connectivity index is 1.71. The number of hydrogen-bond donors (Lipinski definition) is 1. The van der Waals surface area contributed by atoms with Crippen molar-refractivity contribution in [2.45, 2.75) is 58.1 Å². The van der Waals surface area contributed by atoms with E-state index in [2.05, 4.69) is 43.4 Å². The number of ether oxygens (including phenoxy) is 2. The number of hydrogen-bond acceptors (Lipinski definition) is 3. The molecule has 2 rings (SSSR count). The molecule has 1 fully saturated rings. The molecule has 0 spiro atoms. The second-order valence-corrected chi connectivity index (χ2v) is 5.94. The van der Waals surface area contributed by atoms with Gasteiger partial charge < -0.3 is 14.8 Å². The quantitative estimate of drug-likeness (QED) is 0.794. The first kappa shape index (κ1) is 16.3. The van der Waals surface area contributed by atoms with E-state index in [1.165, 1.54) is 24.8 Å². The first-order valence-electron chi connectivity index (χ1n) is 8.34. The van der Waals surface area contributed by atoms with Gasteiger partial charge in [-0.15, -0.1) is 0 Å². The Morgan fingerprint density at radius 1 is 1.29 bits per heavy atom. The lowest BCUT2D eigenvalue weighted by molar-refractivity contribution is -0.0110. The van der Waals surface area contributed by atoms with E-state index in [9.17, 15) is 0 Å². The van der Waals surface area contributed by atoms with Crippen molar-refractivity contribution in [3.8, 4) is 5.75 Å². The SMILES string of the molecule is CCNC(C)CCc1ccc(OCC2CCCCO2)cc1. The summed E-state index contributed by atoms with van der Waals surface area (Å²) >= 11 is 0. The van der Waals surface area contributed by atoms with Crippen molar-refractivity contribution in [3.63, 3.8) is 0 Å². The Morgan fingerprint density at radius 2 is 2.10 bits per heavy atom. The zero-order chi connectivity index (χ0) is 14.9. The van der Waals surface area contributed by atoms with E-state index in [-0.39, 0.29) is 6.10 Å². The van der Waals surface area contributed by atoms with E-state index in [1.54, 1.807) is 0 Å². The highest BCUT2D eigenvalue weighted by Gasteiger charge is 2.14. The van der Waals surface area contributed by atoms with E-state index < -0.39 is 0 Å². The molecule has 0 amide bonds. The van der Waals surface area contributed by atoms with Gasteiger partial charge in [0.1, 0.15) is 12.4 Å². The van der Waals surface area contributed by atoms with Gasteiger partial charge in [0, 0.05) is 12.6 Å². The zero-order valence-electron chi connectivity index (χ0n) is 13.4. The van der Waals surface area contributed by atoms with E-state index >= 15 is 0 Å². The summed E-state index contributed by atoms with van der Waals surface area (Å²) in [5.74, 6) is 0.952. The molecule has 0 bridgehead atoms. The maximum absolute atomic E-state index is 5.83. The summed E-state index contributed by atoms with van der Waals surface area (Å²) in [6.07, 6.45) is 6.14. The van der Waals surface area contributed by atoms with Crippen LogP contribution in [0.4, 0.5) is 0 Å². The highest BCUT2D eigenvalue weighted by Crippen LogP contribution is 2.17. The molecular weight excluding hydrogens is 262 g/mol. The molecule has 1 aliphatic rings. The third-order valence-electron chi connectivity index (χ3n) is 4.05. The maximum Gasteiger partial charge on any atom is 0.119 e. The molecule has 1 N–H and O–H groups in total. The van der Waals surface area contributed by atoms with Gasteiger partial charge in [-0.1, -0.05) is 19.1 Å². The topological polar surface area (TPSA) is 30.5 Å². The van der Waals surface area contributed by atoms with Crippen molar-refractivity contribution in [2.24, 2.45) is 0 Å². The standard InChI is InChI=1S/C18H29NO2/c1-3-19-15(2)7-8-16-9-11-17(12-10-16)21-14-18-6-4-5-13-20-18/h9-12,15,18-19H,3-8,13-14H2,1-2H3. The van der Waals surface area contributed by atoms with Crippen molar-refractivity contribution < 1.29 is 9.47 Å². The largest absolute Gasteiger partial charge is 0.491 e. The molecule has 2 atom stereocenters. The molecule has 0 saturated carbocycles. The summed E-state index contributed by atoms with van der Waals surface area (Å²) < 4.78 is 11.5. The predicted molar refractivity (Wildman–Crippen MR) is 87.0 cm³/mol. The third kappa shape index (κ3) is 6.06. The molecule has 0 aromatic heterocycles. The van der Waals surface area contributed by atoms with Crippen LogP contribution in [0.25, 0.3) is 0 Å². The summed E-state index contributed by atoms with van der Waals surface area (Å²) in [6, 6.07) is 9.09. The van der Waals surface area contributed by atoms with Crippen molar-refractivity contribution >= 4 is 0 Å². The summed E-state index contributed by atoms with van der Waals surface area (Å²) in [5, 5.41) is 3.45. The van der Waals surface area contributed by atoms with E-state index in [1.807, 2.05) is 0 Å². The average molecular weight is 291 g/mol. The van der Waals surface area contributed by atoms with Gasteiger partial charge in [-0.25, -0.2) is 0 Å². The summed E-state index contributed by atoms with van der Waals surface area (Å²) in [5.41, 5.74) is 1.38. The maximum atomic E-state index is 5.83. The predicted octanol–water partition coefficient (Wildman–Crippen LogP) is 3.57. The molecule has 1 aliphatic heterocycles. The fourth-order valence-corrected chi connectivity index (χ4v) is 2.71. The molecule has 3 heteroatoms. The van der Waals surface area contributed by atoms with Gasteiger partial charge in [-0.05, 0) is 63.3 Å². The average Bonchev–Trinajstić information content (AvgIpc) is 2.53. The second kappa shape index (κ2) is 9.06. The van der Waals surface area contributed by atoms with E-state index in [0.717, 1.165) is 31.7 Å². The molecule has 1 heterocycles. The van der Waals surface area contributed by atoms with Gasteiger partial charge in [0.2, 0.25) is 0 Å². The third-order valence-corrected chi connectivity index (χ3v) is 4.05. The molecule has 118 valence electrons. The Bertz CT molecular complexity index is 385. The minimum Gasteiger partial charge on any atom is -0.491 e. The monoisotopic (exact) mass is 291 g/mol. The van der Waals surface area contributed by atoms with Gasteiger partial charge in [0.15, 0.2) is 0 Å². The van der Waals surface area contributed by atoms with Crippen LogP contribution < -0.4 is 10.1 Å². The molecule has 0 radical (unpaired) electrons. The summed E-state index contributed by atoms with van der Waals surface area (Å²) in [6.45, 7) is 6.99. The van der Waals surface area contributed by atoms with Crippen molar-refractivity contribution in [2.75, 3.05) is 19.8 Å². The van der Waals surface area contributed by atoms with E-state index in [4.69, 9.17) is 9.47 Å². The molecule has 0 aliphatic carbocycles. The van der Waals surface area contributed by atoms with Crippen molar-refractivity contribution in [3.05, 3.63) is 29.8 Å². The van der Waals surface area contributed by atoms with Gasteiger partial charge in [-0.2, -0.15) is 0 Å². The van der Waals surface area contributed by atoms with Crippen LogP contribution in [0.1, 0.15) is 45.1 Å². The van der Waals surface area contributed by atoms with Crippen molar-refractivity contribution in [1.29, 1.82) is 0 Å².